The Balaban J connectivity index is 2.16. The molecule has 0 atom stereocenters. The second-order valence-electron chi connectivity index (χ2n) is 5.00. The molecule has 1 aromatic carbocycles. The standard InChI is InChI=1S/C16H20N4/c1-3-13-14(4-2)20-16(19-13)12-9-18-15-6-5-10(8-17)7-11(12)15/h5-7,9,18H,3-4,8,17H2,1-2H3,(H,19,20). The molecule has 0 aliphatic heterocycles. The van der Waals surface area contributed by atoms with Crippen molar-refractivity contribution in [2.45, 2.75) is 33.2 Å². The summed E-state index contributed by atoms with van der Waals surface area (Å²) in [4.78, 5) is 11.5. The summed E-state index contributed by atoms with van der Waals surface area (Å²) in [6.45, 7) is 4.85. The third-order valence-electron chi connectivity index (χ3n) is 3.79. The Kier molecular flexibility index (Phi) is 3.32. The van der Waals surface area contributed by atoms with Crippen LogP contribution in [0.4, 0.5) is 0 Å². The maximum Gasteiger partial charge on any atom is 0.139 e. The van der Waals surface area contributed by atoms with Gasteiger partial charge in [0.2, 0.25) is 0 Å². The molecule has 0 radical (unpaired) electrons. The summed E-state index contributed by atoms with van der Waals surface area (Å²) >= 11 is 0. The highest BCUT2D eigenvalue weighted by Crippen LogP contribution is 2.28. The smallest absolute Gasteiger partial charge is 0.139 e. The maximum absolute atomic E-state index is 5.74. The summed E-state index contributed by atoms with van der Waals surface area (Å²) in [5.74, 6) is 0.944. The molecule has 4 nitrogen and oxygen atoms in total. The molecule has 0 amide bonds. The van der Waals surface area contributed by atoms with Gasteiger partial charge in [0.1, 0.15) is 5.82 Å². The number of imidazole rings is 1. The van der Waals surface area contributed by atoms with Crippen LogP contribution in [0.25, 0.3) is 22.3 Å². The Labute approximate surface area is 118 Å². The van der Waals surface area contributed by atoms with Gasteiger partial charge in [0.15, 0.2) is 0 Å². The predicted octanol–water partition coefficient (Wildman–Crippen LogP) is 3.14. The lowest BCUT2D eigenvalue weighted by atomic mass is 10.1. The Morgan fingerprint density at radius 1 is 1.20 bits per heavy atom. The van der Waals surface area contributed by atoms with Gasteiger partial charge in [-0.3, -0.25) is 0 Å². The zero-order valence-corrected chi connectivity index (χ0v) is 12.0. The van der Waals surface area contributed by atoms with E-state index in [0.717, 1.165) is 41.0 Å². The third-order valence-corrected chi connectivity index (χ3v) is 3.79. The van der Waals surface area contributed by atoms with Gasteiger partial charge in [-0.05, 0) is 30.5 Å². The lowest BCUT2D eigenvalue weighted by Crippen LogP contribution is -1.95. The van der Waals surface area contributed by atoms with Crippen molar-refractivity contribution in [3.8, 4) is 11.4 Å². The molecule has 0 spiro atoms. The van der Waals surface area contributed by atoms with E-state index in [1.54, 1.807) is 0 Å². The van der Waals surface area contributed by atoms with Crippen molar-refractivity contribution in [3.05, 3.63) is 41.3 Å². The normalized spacial score (nSPS) is 11.3. The molecule has 0 saturated heterocycles. The molecule has 0 saturated carbocycles. The number of aromatic nitrogens is 3. The number of benzene rings is 1. The largest absolute Gasteiger partial charge is 0.360 e. The second kappa shape index (κ2) is 5.13. The first kappa shape index (κ1) is 12.9. The number of hydrogen-bond donors (Lipinski definition) is 3. The fraction of sp³-hybridized carbons (Fsp3) is 0.312. The van der Waals surface area contributed by atoms with E-state index in [4.69, 9.17) is 10.7 Å². The summed E-state index contributed by atoms with van der Waals surface area (Å²) in [5, 5.41) is 1.17. The van der Waals surface area contributed by atoms with Crippen LogP contribution in [0.2, 0.25) is 0 Å². The predicted molar refractivity (Wildman–Crippen MR) is 82.5 cm³/mol. The number of nitrogens with zero attached hydrogens (tertiary/aromatic N) is 1. The average Bonchev–Trinajstić information content (AvgIpc) is 3.09. The minimum absolute atomic E-state index is 0.555. The first-order chi connectivity index (χ1) is 9.76. The molecule has 0 aliphatic rings. The molecular formula is C16H20N4. The fourth-order valence-electron chi connectivity index (χ4n) is 2.65. The molecule has 0 fully saturated rings. The van der Waals surface area contributed by atoms with Crippen LogP contribution in [-0.4, -0.2) is 15.0 Å². The van der Waals surface area contributed by atoms with Crippen molar-refractivity contribution in [1.82, 2.24) is 15.0 Å². The van der Waals surface area contributed by atoms with Crippen LogP contribution >= 0.6 is 0 Å². The van der Waals surface area contributed by atoms with Crippen LogP contribution in [0.3, 0.4) is 0 Å². The minimum atomic E-state index is 0.555. The Morgan fingerprint density at radius 2 is 2.05 bits per heavy atom. The van der Waals surface area contributed by atoms with Crippen LogP contribution in [0.1, 0.15) is 30.8 Å². The summed E-state index contributed by atoms with van der Waals surface area (Å²) in [7, 11) is 0. The number of fused-ring (bicyclic) bond motifs is 1. The fourth-order valence-corrected chi connectivity index (χ4v) is 2.65. The molecule has 0 unspecified atom stereocenters. The molecule has 0 bridgehead atoms. The van der Waals surface area contributed by atoms with E-state index in [2.05, 4.69) is 42.0 Å². The summed E-state index contributed by atoms with van der Waals surface area (Å²) in [6, 6.07) is 6.27. The number of aromatic amines is 2. The molecule has 3 aromatic rings. The molecule has 20 heavy (non-hydrogen) atoms. The average molecular weight is 268 g/mol. The monoisotopic (exact) mass is 268 g/mol. The zero-order chi connectivity index (χ0) is 14.1. The van der Waals surface area contributed by atoms with Crippen molar-refractivity contribution >= 4 is 10.9 Å². The van der Waals surface area contributed by atoms with E-state index in [1.165, 1.54) is 11.1 Å². The van der Waals surface area contributed by atoms with Crippen LogP contribution in [0, 0.1) is 0 Å². The summed E-state index contributed by atoms with van der Waals surface area (Å²) < 4.78 is 0. The number of aryl methyl sites for hydroxylation is 2. The van der Waals surface area contributed by atoms with Crippen molar-refractivity contribution in [1.29, 1.82) is 0 Å². The van der Waals surface area contributed by atoms with E-state index in [9.17, 15) is 0 Å². The Bertz CT molecular complexity index is 715. The highest BCUT2D eigenvalue weighted by Gasteiger charge is 2.13. The summed E-state index contributed by atoms with van der Waals surface area (Å²) in [6.07, 6.45) is 3.95. The van der Waals surface area contributed by atoms with E-state index < -0.39 is 0 Å². The third kappa shape index (κ3) is 2.02. The Morgan fingerprint density at radius 3 is 2.70 bits per heavy atom. The molecule has 4 N–H and O–H groups in total. The number of nitrogens with one attached hydrogen (secondary N) is 2. The van der Waals surface area contributed by atoms with E-state index in [-0.39, 0.29) is 0 Å². The lowest BCUT2D eigenvalue weighted by Gasteiger charge is -1.99. The first-order valence-electron chi connectivity index (χ1n) is 7.15. The molecule has 2 heterocycles. The van der Waals surface area contributed by atoms with Crippen LogP contribution in [0.5, 0.6) is 0 Å². The molecule has 3 rings (SSSR count). The van der Waals surface area contributed by atoms with Crippen molar-refractivity contribution in [2.75, 3.05) is 0 Å². The van der Waals surface area contributed by atoms with Gasteiger partial charge in [-0.15, -0.1) is 0 Å². The molecule has 2 aromatic heterocycles. The van der Waals surface area contributed by atoms with Crippen LogP contribution in [-0.2, 0) is 19.4 Å². The number of nitrogens with two attached hydrogens (primary N) is 1. The molecule has 0 aliphatic carbocycles. The number of hydrogen-bond acceptors (Lipinski definition) is 2. The van der Waals surface area contributed by atoms with Gasteiger partial charge in [0.05, 0.1) is 5.69 Å². The van der Waals surface area contributed by atoms with Crippen LogP contribution in [0.15, 0.2) is 24.4 Å². The zero-order valence-electron chi connectivity index (χ0n) is 12.0. The number of H-pyrrole nitrogens is 2. The van der Waals surface area contributed by atoms with Gasteiger partial charge < -0.3 is 15.7 Å². The Hall–Kier alpha value is -2.07. The van der Waals surface area contributed by atoms with E-state index in [1.807, 2.05) is 6.20 Å². The highest BCUT2D eigenvalue weighted by molar-refractivity contribution is 5.94. The van der Waals surface area contributed by atoms with Gasteiger partial charge in [0, 0.05) is 34.9 Å². The molecule has 104 valence electrons. The van der Waals surface area contributed by atoms with Gasteiger partial charge >= 0.3 is 0 Å². The maximum atomic E-state index is 5.74. The summed E-state index contributed by atoms with van der Waals surface area (Å²) in [5.41, 5.74) is 11.5. The second-order valence-corrected chi connectivity index (χ2v) is 5.00. The van der Waals surface area contributed by atoms with Crippen molar-refractivity contribution in [2.24, 2.45) is 5.73 Å². The number of rotatable bonds is 4. The van der Waals surface area contributed by atoms with Gasteiger partial charge in [-0.2, -0.15) is 0 Å². The molecule has 4 heteroatoms. The van der Waals surface area contributed by atoms with Gasteiger partial charge in [-0.1, -0.05) is 19.9 Å². The van der Waals surface area contributed by atoms with Crippen LogP contribution < -0.4 is 5.73 Å². The van der Waals surface area contributed by atoms with Crippen molar-refractivity contribution < 1.29 is 0 Å². The molecular weight excluding hydrogens is 248 g/mol. The quantitative estimate of drug-likeness (QED) is 0.680. The highest BCUT2D eigenvalue weighted by atomic mass is 14.9. The van der Waals surface area contributed by atoms with E-state index in [0.29, 0.717) is 6.54 Å². The topological polar surface area (TPSA) is 70.5 Å². The van der Waals surface area contributed by atoms with Gasteiger partial charge in [-0.25, -0.2) is 4.98 Å². The SMILES string of the molecule is CCc1nc(-c2c[nH]c3ccc(CN)cc23)[nH]c1CC. The van der Waals surface area contributed by atoms with E-state index >= 15 is 0 Å². The van der Waals surface area contributed by atoms with Crippen molar-refractivity contribution in [3.63, 3.8) is 0 Å². The lowest BCUT2D eigenvalue weighted by molar-refractivity contribution is 0.979. The minimum Gasteiger partial charge on any atom is -0.360 e. The first-order valence-corrected chi connectivity index (χ1v) is 7.15. The van der Waals surface area contributed by atoms with Gasteiger partial charge in [0.25, 0.3) is 0 Å².